The zero-order valence-electron chi connectivity index (χ0n) is 19.1. The van der Waals surface area contributed by atoms with E-state index in [-0.39, 0.29) is 32.0 Å². The molecule has 0 fully saturated rings. The Labute approximate surface area is 198 Å². The number of hydrogen-bond acceptors (Lipinski definition) is 6. The minimum absolute atomic E-state index is 0.0494. The van der Waals surface area contributed by atoms with Gasteiger partial charge in [-0.1, -0.05) is 60.7 Å². The first-order valence-electron chi connectivity index (χ1n) is 10.8. The van der Waals surface area contributed by atoms with Crippen molar-refractivity contribution in [2.45, 2.75) is 38.0 Å². The maximum atomic E-state index is 13.0. The summed E-state index contributed by atoms with van der Waals surface area (Å²) in [6, 6.07) is 16.5. The minimum Gasteiger partial charge on any atom is -0.467 e. The van der Waals surface area contributed by atoms with Crippen molar-refractivity contribution in [3.8, 4) is 0 Å². The molecule has 34 heavy (non-hydrogen) atoms. The second kappa shape index (κ2) is 14.1. The van der Waals surface area contributed by atoms with E-state index in [9.17, 15) is 14.4 Å². The average molecular weight is 470 g/mol. The van der Waals surface area contributed by atoms with Crippen LogP contribution in [0.1, 0.15) is 24.0 Å². The van der Waals surface area contributed by atoms with E-state index in [1.165, 1.54) is 7.11 Å². The molecule has 2 rings (SSSR count). The highest BCUT2D eigenvalue weighted by Gasteiger charge is 2.27. The Kier molecular flexibility index (Phi) is 10.9. The number of aliphatic imine (C=N–C) groups is 1. The summed E-state index contributed by atoms with van der Waals surface area (Å²) < 4.78 is 10.1. The second-order valence-electron chi connectivity index (χ2n) is 7.48. The molecule has 0 aliphatic carbocycles. The van der Waals surface area contributed by atoms with E-state index in [0.29, 0.717) is 6.42 Å². The number of benzene rings is 2. The number of nitrogens with zero attached hydrogens (tertiary/aromatic N) is 1. The fourth-order valence-corrected chi connectivity index (χ4v) is 3.14. The predicted octanol–water partition coefficient (Wildman–Crippen LogP) is 1.24. The fourth-order valence-electron chi connectivity index (χ4n) is 3.14. The van der Waals surface area contributed by atoms with Gasteiger partial charge in [-0.15, -0.1) is 0 Å². The van der Waals surface area contributed by atoms with Gasteiger partial charge in [0.25, 0.3) is 0 Å². The highest BCUT2D eigenvalue weighted by molar-refractivity contribution is 5.89. The summed E-state index contributed by atoms with van der Waals surface area (Å²) in [6.45, 7) is 0.325. The molecule has 0 aliphatic rings. The van der Waals surface area contributed by atoms with Gasteiger partial charge in [0.2, 0.25) is 5.91 Å². The van der Waals surface area contributed by atoms with Crippen LogP contribution in [0.2, 0.25) is 0 Å². The molecule has 2 aromatic carbocycles. The molecule has 6 N–H and O–H groups in total. The summed E-state index contributed by atoms with van der Waals surface area (Å²) in [4.78, 5) is 41.6. The quantitative estimate of drug-likeness (QED) is 0.157. The van der Waals surface area contributed by atoms with Crippen LogP contribution in [0.5, 0.6) is 0 Å². The Morgan fingerprint density at radius 3 is 2.12 bits per heavy atom. The molecule has 0 spiro atoms. The van der Waals surface area contributed by atoms with E-state index in [2.05, 4.69) is 15.6 Å². The van der Waals surface area contributed by atoms with Crippen LogP contribution in [0.3, 0.4) is 0 Å². The molecule has 182 valence electrons. The Balaban J connectivity index is 2.04. The molecule has 0 saturated heterocycles. The Bertz CT molecular complexity index is 949. The molecular weight excluding hydrogens is 438 g/mol. The fraction of sp³-hybridized carbons (Fsp3) is 0.333. The second-order valence-corrected chi connectivity index (χ2v) is 7.48. The number of nitrogens with two attached hydrogens (primary N) is 2. The van der Waals surface area contributed by atoms with Crippen LogP contribution < -0.4 is 22.1 Å². The SMILES string of the molecule is COC(=O)C(Cc1ccccc1)NC(=O)C(CCCN=C(N)N)NC(=O)OCc1ccccc1. The lowest BCUT2D eigenvalue weighted by Crippen LogP contribution is -2.52. The molecule has 2 aromatic rings. The van der Waals surface area contributed by atoms with Gasteiger partial charge in [-0.3, -0.25) is 9.79 Å². The summed E-state index contributed by atoms with van der Waals surface area (Å²) in [5.41, 5.74) is 12.3. The number of nitrogens with one attached hydrogen (secondary N) is 2. The van der Waals surface area contributed by atoms with E-state index in [1.807, 2.05) is 60.7 Å². The van der Waals surface area contributed by atoms with Crippen LogP contribution >= 0.6 is 0 Å². The van der Waals surface area contributed by atoms with E-state index in [0.717, 1.165) is 11.1 Å². The standard InChI is InChI=1S/C24H31N5O5/c1-33-22(31)20(15-17-9-4-2-5-10-17)28-21(30)19(13-8-14-27-23(25)26)29-24(32)34-16-18-11-6-3-7-12-18/h2-7,9-12,19-20H,8,13-16H2,1H3,(H,28,30)(H,29,32)(H4,25,26,27). The third kappa shape index (κ3) is 9.60. The van der Waals surface area contributed by atoms with Crippen molar-refractivity contribution < 1.29 is 23.9 Å². The highest BCUT2D eigenvalue weighted by atomic mass is 16.5. The van der Waals surface area contributed by atoms with Crippen LogP contribution in [-0.4, -0.2) is 49.7 Å². The van der Waals surface area contributed by atoms with Crippen molar-refractivity contribution in [2.24, 2.45) is 16.5 Å². The van der Waals surface area contributed by atoms with Gasteiger partial charge < -0.3 is 31.6 Å². The van der Waals surface area contributed by atoms with E-state index >= 15 is 0 Å². The zero-order chi connectivity index (χ0) is 24.8. The van der Waals surface area contributed by atoms with Gasteiger partial charge in [0.05, 0.1) is 7.11 Å². The summed E-state index contributed by atoms with van der Waals surface area (Å²) in [5, 5.41) is 5.24. The molecule has 2 atom stereocenters. The van der Waals surface area contributed by atoms with Crippen molar-refractivity contribution in [2.75, 3.05) is 13.7 Å². The number of methoxy groups -OCH3 is 1. The highest BCUT2D eigenvalue weighted by Crippen LogP contribution is 2.07. The van der Waals surface area contributed by atoms with Gasteiger partial charge in [-0.05, 0) is 24.0 Å². The Hall–Kier alpha value is -4.08. The number of guanidine groups is 1. The summed E-state index contributed by atoms with van der Waals surface area (Å²) in [5.74, 6) is -1.21. The number of carbonyl (C=O) groups excluding carboxylic acids is 3. The summed E-state index contributed by atoms with van der Waals surface area (Å²) >= 11 is 0. The van der Waals surface area contributed by atoms with Crippen LogP contribution in [0, 0.1) is 0 Å². The lowest BCUT2D eigenvalue weighted by Gasteiger charge is -2.22. The maximum absolute atomic E-state index is 13.0. The van der Waals surface area contributed by atoms with Gasteiger partial charge >= 0.3 is 12.1 Å². The van der Waals surface area contributed by atoms with E-state index in [1.54, 1.807) is 0 Å². The predicted molar refractivity (Wildman–Crippen MR) is 128 cm³/mol. The molecule has 10 nitrogen and oxygen atoms in total. The smallest absolute Gasteiger partial charge is 0.408 e. The van der Waals surface area contributed by atoms with Crippen LogP contribution in [0.25, 0.3) is 0 Å². The van der Waals surface area contributed by atoms with E-state index < -0.39 is 30.1 Å². The number of rotatable bonds is 12. The Morgan fingerprint density at radius 1 is 0.912 bits per heavy atom. The van der Waals surface area contributed by atoms with Gasteiger partial charge in [0.1, 0.15) is 18.7 Å². The Morgan fingerprint density at radius 2 is 1.53 bits per heavy atom. The average Bonchev–Trinajstić information content (AvgIpc) is 2.84. The van der Waals surface area contributed by atoms with Crippen molar-refractivity contribution in [1.29, 1.82) is 0 Å². The molecule has 0 radical (unpaired) electrons. The molecule has 0 bridgehead atoms. The molecule has 2 unspecified atom stereocenters. The topological polar surface area (TPSA) is 158 Å². The van der Waals surface area contributed by atoms with Crippen LogP contribution in [-0.2, 0) is 32.1 Å². The first kappa shape index (κ1) is 26.2. The molecule has 0 aromatic heterocycles. The third-order valence-corrected chi connectivity index (χ3v) is 4.85. The van der Waals surface area contributed by atoms with Gasteiger partial charge in [-0.2, -0.15) is 0 Å². The maximum Gasteiger partial charge on any atom is 0.408 e. The molecule has 0 saturated carbocycles. The van der Waals surface area contributed by atoms with Gasteiger partial charge in [0.15, 0.2) is 5.96 Å². The first-order chi connectivity index (χ1) is 16.4. The summed E-state index contributed by atoms with van der Waals surface area (Å²) in [6.07, 6.45) is 0.112. The third-order valence-electron chi connectivity index (χ3n) is 4.85. The van der Waals surface area contributed by atoms with Crippen LogP contribution in [0.4, 0.5) is 4.79 Å². The lowest BCUT2D eigenvalue weighted by molar-refractivity contribution is -0.145. The van der Waals surface area contributed by atoms with Crippen molar-refractivity contribution >= 4 is 23.9 Å². The summed E-state index contributed by atoms with van der Waals surface area (Å²) in [7, 11) is 1.25. The van der Waals surface area contributed by atoms with Crippen molar-refractivity contribution in [1.82, 2.24) is 10.6 Å². The monoisotopic (exact) mass is 469 g/mol. The van der Waals surface area contributed by atoms with E-state index in [4.69, 9.17) is 20.9 Å². The van der Waals surface area contributed by atoms with Crippen LogP contribution in [0.15, 0.2) is 65.7 Å². The van der Waals surface area contributed by atoms with Crippen molar-refractivity contribution in [3.05, 3.63) is 71.8 Å². The molecule has 0 heterocycles. The number of alkyl carbamates (subject to hydrolysis) is 1. The lowest BCUT2D eigenvalue weighted by atomic mass is 10.0. The molecular formula is C24H31N5O5. The number of hydrogen-bond donors (Lipinski definition) is 4. The minimum atomic E-state index is -0.972. The molecule has 10 heteroatoms. The largest absolute Gasteiger partial charge is 0.467 e. The normalized spacial score (nSPS) is 12.0. The molecule has 2 amide bonds. The van der Waals surface area contributed by atoms with Crippen molar-refractivity contribution in [3.63, 3.8) is 0 Å². The van der Waals surface area contributed by atoms with Gasteiger partial charge in [-0.25, -0.2) is 9.59 Å². The number of esters is 1. The number of amides is 2. The number of carbonyl (C=O) groups is 3. The number of ether oxygens (including phenoxy) is 2. The van der Waals surface area contributed by atoms with Gasteiger partial charge in [0, 0.05) is 13.0 Å². The first-order valence-corrected chi connectivity index (χ1v) is 10.8. The molecule has 0 aliphatic heterocycles. The zero-order valence-corrected chi connectivity index (χ0v) is 19.1.